The standard InChI is InChI=1S/C19H27N3O5/c1-6-14-16(18(24)26-8-3)15(21-19(25)20-14)10-27-17(23)13-9-11(4)22(7-2)12(13)5/h9,14H,6-8,10H2,1-5H3,(H2,20,21,25)/t14-/m0/s1. The van der Waals surface area contributed by atoms with Gasteiger partial charge < -0.3 is 24.7 Å². The van der Waals surface area contributed by atoms with Gasteiger partial charge >= 0.3 is 18.0 Å². The molecular formula is C19H27N3O5. The molecule has 0 saturated heterocycles. The number of hydrogen-bond donors (Lipinski definition) is 2. The van der Waals surface area contributed by atoms with Gasteiger partial charge in [0.2, 0.25) is 0 Å². The highest BCUT2D eigenvalue weighted by atomic mass is 16.5. The van der Waals surface area contributed by atoms with Crippen LogP contribution in [-0.4, -0.2) is 41.8 Å². The zero-order valence-electron chi connectivity index (χ0n) is 16.5. The molecular weight excluding hydrogens is 350 g/mol. The molecule has 2 rings (SSSR count). The maximum absolute atomic E-state index is 12.5. The van der Waals surface area contributed by atoms with Crippen molar-refractivity contribution in [3.05, 3.63) is 34.3 Å². The van der Waals surface area contributed by atoms with E-state index in [2.05, 4.69) is 10.6 Å². The molecule has 2 amide bonds. The van der Waals surface area contributed by atoms with Crippen LogP contribution in [-0.2, 0) is 20.8 Å². The molecule has 2 heterocycles. The Bertz CT molecular complexity index is 779. The Morgan fingerprint density at radius 3 is 2.41 bits per heavy atom. The number of urea groups is 1. The number of aryl methyl sites for hydroxylation is 1. The molecule has 2 N–H and O–H groups in total. The van der Waals surface area contributed by atoms with Crippen LogP contribution in [0.4, 0.5) is 4.79 Å². The van der Waals surface area contributed by atoms with E-state index in [1.165, 1.54) is 0 Å². The summed E-state index contributed by atoms with van der Waals surface area (Å²) in [6, 6.07) is 0.847. The summed E-state index contributed by atoms with van der Waals surface area (Å²) in [6.45, 7) is 10.1. The first-order valence-electron chi connectivity index (χ1n) is 9.15. The molecule has 27 heavy (non-hydrogen) atoms. The molecule has 1 atom stereocenters. The minimum atomic E-state index is -0.535. The molecule has 8 heteroatoms. The lowest BCUT2D eigenvalue weighted by atomic mass is 10.0. The predicted octanol–water partition coefficient (Wildman–Crippen LogP) is 2.19. The lowest BCUT2D eigenvalue weighted by molar-refractivity contribution is -0.139. The van der Waals surface area contributed by atoms with Crippen molar-refractivity contribution >= 4 is 18.0 Å². The van der Waals surface area contributed by atoms with Gasteiger partial charge in [-0.25, -0.2) is 14.4 Å². The Balaban J connectivity index is 2.25. The first-order valence-corrected chi connectivity index (χ1v) is 9.15. The van der Waals surface area contributed by atoms with Crippen LogP contribution in [0.3, 0.4) is 0 Å². The molecule has 0 aliphatic carbocycles. The number of carbonyl (C=O) groups is 3. The van der Waals surface area contributed by atoms with E-state index in [-0.39, 0.29) is 24.5 Å². The summed E-state index contributed by atoms with van der Waals surface area (Å²) in [5.74, 6) is -1.04. The van der Waals surface area contributed by atoms with Gasteiger partial charge in [0.25, 0.3) is 0 Å². The van der Waals surface area contributed by atoms with E-state index in [1.54, 1.807) is 13.0 Å². The van der Waals surface area contributed by atoms with E-state index < -0.39 is 24.0 Å². The van der Waals surface area contributed by atoms with E-state index in [0.29, 0.717) is 12.0 Å². The Hall–Kier alpha value is -2.77. The maximum Gasteiger partial charge on any atom is 0.340 e. The van der Waals surface area contributed by atoms with Crippen molar-refractivity contribution in [2.24, 2.45) is 0 Å². The molecule has 8 nitrogen and oxygen atoms in total. The van der Waals surface area contributed by atoms with Crippen molar-refractivity contribution in [3.63, 3.8) is 0 Å². The summed E-state index contributed by atoms with van der Waals surface area (Å²) in [5, 5.41) is 5.25. The fraction of sp³-hybridized carbons (Fsp3) is 0.526. The quantitative estimate of drug-likeness (QED) is 0.710. The van der Waals surface area contributed by atoms with Gasteiger partial charge in [-0.1, -0.05) is 6.92 Å². The molecule has 0 fully saturated rings. The highest BCUT2D eigenvalue weighted by Crippen LogP contribution is 2.19. The smallest absolute Gasteiger partial charge is 0.340 e. The number of aromatic nitrogens is 1. The van der Waals surface area contributed by atoms with Gasteiger partial charge in [-0.15, -0.1) is 0 Å². The lowest BCUT2D eigenvalue weighted by Gasteiger charge is -2.28. The SMILES string of the molecule is CCOC(=O)C1=C(COC(=O)c2cc(C)n(CC)c2C)NC(=O)N[C@H]1CC. The summed E-state index contributed by atoms with van der Waals surface area (Å²) in [5.41, 5.74) is 2.79. The highest BCUT2D eigenvalue weighted by molar-refractivity contribution is 5.95. The van der Waals surface area contributed by atoms with Crippen LogP contribution >= 0.6 is 0 Å². The third kappa shape index (κ3) is 4.32. The first kappa shape index (κ1) is 20.5. The second-order valence-corrected chi connectivity index (χ2v) is 6.28. The molecule has 0 aromatic carbocycles. The molecule has 1 aliphatic rings. The average Bonchev–Trinajstić information content (AvgIpc) is 2.92. The number of amides is 2. The van der Waals surface area contributed by atoms with Gasteiger partial charge in [0.15, 0.2) is 0 Å². The third-order valence-electron chi connectivity index (χ3n) is 4.60. The number of esters is 2. The van der Waals surface area contributed by atoms with E-state index in [4.69, 9.17) is 9.47 Å². The van der Waals surface area contributed by atoms with Crippen molar-refractivity contribution in [1.82, 2.24) is 15.2 Å². The van der Waals surface area contributed by atoms with Crippen LogP contribution < -0.4 is 10.6 Å². The fourth-order valence-corrected chi connectivity index (χ4v) is 3.29. The van der Waals surface area contributed by atoms with Crippen LogP contribution in [0.25, 0.3) is 0 Å². The normalized spacial score (nSPS) is 16.6. The summed E-state index contributed by atoms with van der Waals surface area (Å²) in [6.07, 6.45) is 0.511. The van der Waals surface area contributed by atoms with Gasteiger partial charge in [0, 0.05) is 17.9 Å². The first-order chi connectivity index (χ1) is 12.8. The largest absolute Gasteiger partial charge is 0.463 e. The van der Waals surface area contributed by atoms with Crippen LogP contribution in [0.5, 0.6) is 0 Å². The van der Waals surface area contributed by atoms with E-state index >= 15 is 0 Å². The number of nitrogens with zero attached hydrogens (tertiary/aromatic N) is 1. The third-order valence-corrected chi connectivity index (χ3v) is 4.60. The lowest BCUT2D eigenvalue weighted by Crippen LogP contribution is -2.51. The Morgan fingerprint density at radius 2 is 1.85 bits per heavy atom. The van der Waals surface area contributed by atoms with Crippen molar-refractivity contribution in [2.45, 2.75) is 53.6 Å². The molecule has 1 aromatic rings. The summed E-state index contributed by atoms with van der Waals surface area (Å²) >= 11 is 0. The van der Waals surface area contributed by atoms with Crippen molar-refractivity contribution in [2.75, 3.05) is 13.2 Å². The van der Waals surface area contributed by atoms with Gasteiger partial charge in [-0.3, -0.25) is 0 Å². The molecule has 0 spiro atoms. The minimum Gasteiger partial charge on any atom is -0.463 e. The van der Waals surface area contributed by atoms with Crippen molar-refractivity contribution in [1.29, 1.82) is 0 Å². The number of ether oxygens (including phenoxy) is 2. The molecule has 0 bridgehead atoms. The zero-order valence-corrected chi connectivity index (χ0v) is 16.5. The number of carbonyl (C=O) groups excluding carboxylic acids is 3. The van der Waals surface area contributed by atoms with Gasteiger partial charge in [-0.05, 0) is 40.2 Å². The zero-order chi connectivity index (χ0) is 20.1. The molecule has 0 radical (unpaired) electrons. The average molecular weight is 377 g/mol. The Kier molecular flexibility index (Phi) is 6.65. The van der Waals surface area contributed by atoms with Crippen molar-refractivity contribution < 1.29 is 23.9 Å². The van der Waals surface area contributed by atoms with E-state index in [0.717, 1.165) is 17.9 Å². The summed E-state index contributed by atoms with van der Waals surface area (Å²) in [7, 11) is 0. The van der Waals surface area contributed by atoms with Gasteiger partial charge in [0.1, 0.15) is 6.61 Å². The monoisotopic (exact) mass is 377 g/mol. The van der Waals surface area contributed by atoms with Crippen LogP contribution in [0.2, 0.25) is 0 Å². The van der Waals surface area contributed by atoms with E-state index in [1.807, 2.05) is 32.3 Å². The maximum atomic E-state index is 12.5. The molecule has 148 valence electrons. The predicted molar refractivity (Wildman–Crippen MR) is 99.3 cm³/mol. The minimum absolute atomic E-state index is 0.211. The summed E-state index contributed by atoms with van der Waals surface area (Å²) in [4.78, 5) is 36.7. The van der Waals surface area contributed by atoms with Crippen LogP contribution in [0, 0.1) is 13.8 Å². The summed E-state index contributed by atoms with van der Waals surface area (Å²) < 4.78 is 12.5. The second kappa shape index (κ2) is 8.75. The topological polar surface area (TPSA) is 98.7 Å². The Labute approximate surface area is 158 Å². The second-order valence-electron chi connectivity index (χ2n) is 6.28. The number of nitrogens with one attached hydrogen (secondary N) is 2. The van der Waals surface area contributed by atoms with E-state index in [9.17, 15) is 14.4 Å². The molecule has 0 saturated carbocycles. The highest BCUT2D eigenvalue weighted by Gasteiger charge is 2.32. The Morgan fingerprint density at radius 1 is 1.15 bits per heavy atom. The van der Waals surface area contributed by atoms with Gasteiger partial charge in [-0.2, -0.15) is 0 Å². The number of hydrogen-bond acceptors (Lipinski definition) is 5. The molecule has 0 unspecified atom stereocenters. The van der Waals surface area contributed by atoms with Crippen LogP contribution in [0.1, 0.15) is 48.9 Å². The molecule has 1 aliphatic heterocycles. The van der Waals surface area contributed by atoms with Crippen molar-refractivity contribution in [3.8, 4) is 0 Å². The molecule has 1 aromatic heterocycles. The fourth-order valence-electron chi connectivity index (χ4n) is 3.29. The van der Waals surface area contributed by atoms with Gasteiger partial charge in [0.05, 0.1) is 29.5 Å². The van der Waals surface area contributed by atoms with Crippen LogP contribution in [0.15, 0.2) is 17.3 Å². The number of rotatable bonds is 7.